The maximum atomic E-state index is 3.97. The van der Waals surface area contributed by atoms with Gasteiger partial charge in [0.15, 0.2) is 0 Å². The molecule has 2 rings (SSSR count). The highest BCUT2D eigenvalue weighted by atomic mass is 15.0. The number of nitrogens with one attached hydrogen (secondary N) is 1. The van der Waals surface area contributed by atoms with Gasteiger partial charge < -0.3 is 5.32 Å². The highest BCUT2D eigenvalue weighted by molar-refractivity contribution is 4.88. The van der Waals surface area contributed by atoms with Crippen molar-refractivity contribution in [3.63, 3.8) is 0 Å². The summed E-state index contributed by atoms with van der Waals surface area (Å²) >= 11 is 0. The van der Waals surface area contributed by atoms with Crippen LogP contribution in [0.25, 0.3) is 0 Å². The van der Waals surface area contributed by atoms with Crippen molar-refractivity contribution in [2.24, 2.45) is 17.8 Å². The maximum Gasteiger partial charge on any atom is 0.0101 e. The Hall–Kier alpha value is -0.0400. The van der Waals surface area contributed by atoms with Gasteiger partial charge in [0, 0.05) is 12.1 Å². The van der Waals surface area contributed by atoms with Crippen molar-refractivity contribution in [2.45, 2.75) is 90.6 Å². The third-order valence-corrected chi connectivity index (χ3v) is 5.55. The Balaban J connectivity index is 1.92. The van der Waals surface area contributed by atoms with E-state index >= 15 is 0 Å². The fraction of sp³-hybridized carbons (Fsp3) is 1.00. The standard InChI is InChI=1S/C17H33N/c1-13(2)14(3)18-17-12-8-7-11-16(17)15-9-5-4-6-10-15/h13-18H,4-12H2,1-3H3. The third kappa shape index (κ3) is 3.73. The van der Waals surface area contributed by atoms with Gasteiger partial charge in [0.05, 0.1) is 0 Å². The summed E-state index contributed by atoms with van der Waals surface area (Å²) in [4.78, 5) is 0. The van der Waals surface area contributed by atoms with Crippen LogP contribution >= 0.6 is 0 Å². The molecule has 0 aromatic heterocycles. The summed E-state index contributed by atoms with van der Waals surface area (Å²) in [5.74, 6) is 2.79. The Morgan fingerprint density at radius 1 is 0.778 bits per heavy atom. The van der Waals surface area contributed by atoms with E-state index in [-0.39, 0.29) is 0 Å². The molecule has 2 saturated carbocycles. The first-order chi connectivity index (χ1) is 8.68. The third-order valence-electron chi connectivity index (χ3n) is 5.55. The zero-order chi connectivity index (χ0) is 13.0. The lowest BCUT2D eigenvalue weighted by molar-refractivity contribution is 0.138. The minimum atomic E-state index is 0.680. The van der Waals surface area contributed by atoms with E-state index in [1.807, 2.05) is 0 Å². The van der Waals surface area contributed by atoms with E-state index in [1.165, 1.54) is 57.8 Å². The van der Waals surface area contributed by atoms with Gasteiger partial charge in [0.1, 0.15) is 0 Å². The highest BCUT2D eigenvalue weighted by Gasteiger charge is 2.33. The summed E-state index contributed by atoms with van der Waals surface area (Å²) in [6.07, 6.45) is 13.4. The van der Waals surface area contributed by atoms with Crippen LogP contribution in [0.2, 0.25) is 0 Å². The Morgan fingerprint density at radius 2 is 1.39 bits per heavy atom. The SMILES string of the molecule is CC(C)C(C)NC1CCCCC1C1CCCCC1. The maximum absolute atomic E-state index is 3.97. The van der Waals surface area contributed by atoms with Crippen LogP contribution in [0.1, 0.15) is 78.6 Å². The summed E-state index contributed by atoms with van der Waals surface area (Å²) in [6, 6.07) is 1.50. The fourth-order valence-corrected chi connectivity index (χ4v) is 4.02. The van der Waals surface area contributed by atoms with Crippen molar-refractivity contribution < 1.29 is 0 Å². The topological polar surface area (TPSA) is 12.0 Å². The van der Waals surface area contributed by atoms with Crippen LogP contribution < -0.4 is 5.32 Å². The molecule has 0 aliphatic heterocycles. The summed E-state index contributed by atoms with van der Waals surface area (Å²) in [6.45, 7) is 7.06. The van der Waals surface area contributed by atoms with Crippen LogP contribution in [-0.2, 0) is 0 Å². The average molecular weight is 251 g/mol. The Labute approximate surface area is 114 Å². The summed E-state index contributed by atoms with van der Waals surface area (Å²) < 4.78 is 0. The predicted octanol–water partition coefficient (Wildman–Crippen LogP) is 4.76. The van der Waals surface area contributed by atoms with Crippen molar-refractivity contribution in [2.75, 3.05) is 0 Å². The quantitative estimate of drug-likeness (QED) is 0.759. The zero-order valence-electron chi connectivity index (χ0n) is 12.8. The molecule has 0 radical (unpaired) electrons. The molecule has 0 saturated heterocycles. The summed E-state index contributed by atoms with van der Waals surface area (Å²) in [5, 5.41) is 3.97. The van der Waals surface area contributed by atoms with E-state index in [4.69, 9.17) is 0 Å². The van der Waals surface area contributed by atoms with Gasteiger partial charge in [0.25, 0.3) is 0 Å². The molecule has 106 valence electrons. The molecule has 1 N–H and O–H groups in total. The first-order valence-corrected chi connectivity index (χ1v) is 8.44. The van der Waals surface area contributed by atoms with E-state index in [2.05, 4.69) is 26.1 Å². The van der Waals surface area contributed by atoms with E-state index < -0.39 is 0 Å². The van der Waals surface area contributed by atoms with Gasteiger partial charge in [0.2, 0.25) is 0 Å². The lowest BCUT2D eigenvalue weighted by Crippen LogP contribution is -2.47. The first-order valence-electron chi connectivity index (χ1n) is 8.44. The van der Waals surface area contributed by atoms with Gasteiger partial charge >= 0.3 is 0 Å². The van der Waals surface area contributed by atoms with Crippen LogP contribution in [0.5, 0.6) is 0 Å². The molecule has 0 amide bonds. The van der Waals surface area contributed by atoms with E-state index in [0.717, 1.165) is 23.8 Å². The van der Waals surface area contributed by atoms with E-state index in [1.54, 1.807) is 0 Å². The largest absolute Gasteiger partial charge is 0.311 e. The van der Waals surface area contributed by atoms with Crippen LogP contribution in [0.15, 0.2) is 0 Å². The molecule has 0 aromatic carbocycles. The minimum absolute atomic E-state index is 0.680. The van der Waals surface area contributed by atoms with Crippen LogP contribution in [0.4, 0.5) is 0 Å². The second-order valence-corrected chi connectivity index (χ2v) is 7.15. The highest BCUT2D eigenvalue weighted by Crippen LogP contribution is 2.38. The van der Waals surface area contributed by atoms with Crippen molar-refractivity contribution in [3.05, 3.63) is 0 Å². The lowest BCUT2D eigenvalue weighted by atomic mass is 9.70. The molecule has 18 heavy (non-hydrogen) atoms. The van der Waals surface area contributed by atoms with Gasteiger partial charge in [-0.2, -0.15) is 0 Å². The van der Waals surface area contributed by atoms with Gasteiger partial charge in [-0.3, -0.25) is 0 Å². The number of hydrogen-bond acceptors (Lipinski definition) is 1. The number of rotatable bonds is 4. The molecular formula is C17H33N. The molecule has 1 nitrogen and oxygen atoms in total. The summed E-state index contributed by atoms with van der Waals surface area (Å²) in [5.41, 5.74) is 0. The molecule has 3 atom stereocenters. The van der Waals surface area contributed by atoms with Crippen molar-refractivity contribution in [1.82, 2.24) is 5.32 Å². The predicted molar refractivity (Wildman–Crippen MR) is 79.8 cm³/mol. The van der Waals surface area contributed by atoms with Crippen LogP contribution in [-0.4, -0.2) is 12.1 Å². The van der Waals surface area contributed by atoms with E-state index in [0.29, 0.717) is 6.04 Å². The van der Waals surface area contributed by atoms with E-state index in [9.17, 15) is 0 Å². The molecule has 2 fully saturated rings. The molecule has 0 bridgehead atoms. The van der Waals surface area contributed by atoms with Crippen LogP contribution in [0, 0.1) is 17.8 Å². The minimum Gasteiger partial charge on any atom is -0.311 e. The molecular weight excluding hydrogens is 218 g/mol. The van der Waals surface area contributed by atoms with Gasteiger partial charge in [-0.15, -0.1) is 0 Å². The molecule has 2 aliphatic carbocycles. The normalized spacial score (nSPS) is 32.7. The van der Waals surface area contributed by atoms with Crippen molar-refractivity contribution in [1.29, 1.82) is 0 Å². The number of hydrogen-bond donors (Lipinski definition) is 1. The average Bonchev–Trinajstić information content (AvgIpc) is 2.40. The molecule has 3 unspecified atom stereocenters. The fourth-order valence-electron chi connectivity index (χ4n) is 4.02. The first kappa shape index (κ1) is 14.4. The second-order valence-electron chi connectivity index (χ2n) is 7.15. The molecule has 0 aromatic rings. The zero-order valence-corrected chi connectivity index (χ0v) is 12.8. The molecule has 2 aliphatic rings. The molecule has 1 heteroatoms. The Kier molecular flexibility index (Phi) is 5.54. The van der Waals surface area contributed by atoms with Gasteiger partial charge in [-0.1, -0.05) is 58.8 Å². The Morgan fingerprint density at radius 3 is 2.06 bits per heavy atom. The van der Waals surface area contributed by atoms with Crippen molar-refractivity contribution >= 4 is 0 Å². The van der Waals surface area contributed by atoms with Gasteiger partial charge in [-0.25, -0.2) is 0 Å². The summed E-state index contributed by atoms with van der Waals surface area (Å²) in [7, 11) is 0. The molecule has 0 spiro atoms. The smallest absolute Gasteiger partial charge is 0.0101 e. The second kappa shape index (κ2) is 6.93. The molecule has 0 heterocycles. The monoisotopic (exact) mass is 251 g/mol. The van der Waals surface area contributed by atoms with Crippen LogP contribution in [0.3, 0.4) is 0 Å². The van der Waals surface area contributed by atoms with Gasteiger partial charge in [-0.05, 0) is 37.5 Å². The Bertz CT molecular complexity index is 230. The lowest BCUT2D eigenvalue weighted by Gasteiger charge is -2.41. The van der Waals surface area contributed by atoms with Crippen molar-refractivity contribution in [3.8, 4) is 0 Å².